The van der Waals surface area contributed by atoms with Gasteiger partial charge in [-0.15, -0.1) is 0 Å². The highest BCUT2D eigenvalue weighted by atomic mass is 32.2. The molecule has 1 aromatic heterocycles. The molecular formula is C21H15FN2OS. The van der Waals surface area contributed by atoms with Crippen LogP contribution in [-0.2, 0) is 4.79 Å². The molecule has 4 aromatic rings. The van der Waals surface area contributed by atoms with E-state index in [9.17, 15) is 9.18 Å². The molecule has 0 unspecified atom stereocenters. The van der Waals surface area contributed by atoms with Crippen LogP contribution in [0, 0.1) is 5.82 Å². The van der Waals surface area contributed by atoms with Gasteiger partial charge in [0.25, 0.3) is 0 Å². The average molecular weight is 362 g/mol. The zero-order valence-electron chi connectivity index (χ0n) is 13.8. The molecule has 26 heavy (non-hydrogen) atoms. The summed E-state index contributed by atoms with van der Waals surface area (Å²) in [4.78, 5) is 16.9. The van der Waals surface area contributed by atoms with Crippen LogP contribution in [-0.4, -0.2) is 16.6 Å². The van der Waals surface area contributed by atoms with Crippen molar-refractivity contribution in [3.8, 4) is 0 Å². The van der Waals surface area contributed by atoms with E-state index in [1.165, 1.54) is 23.9 Å². The number of pyridine rings is 1. The van der Waals surface area contributed by atoms with E-state index in [1.54, 1.807) is 12.1 Å². The van der Waals surface area contributed by atoms with Crippen LogP contribution in [0.5, 0.6) is 0 Å². The van der Waals surface area contributed by atoms with Crippen molar-refractivity contribution in [1.82, 2.24) is 4.98 Å². The number of carbonyl (C=O) groups excluding carboxylic acids is 1. The molecule has 0 aliphatic heterocycles. The third-order valence-electron chi connectivity index (χ3n) is 4.04. The van der Waals surface area contributed by atoms with Gasteiger partial charge < -0.3 is 5.32 Å². The molecule has 3 nitrogen and oxygen atoms in total. The standard InChI is InChI=1S/C21H15FN2OS/c22-14-9-11-15(12-10-14)23-20(25)13-26-21-18-7-2-1-5-16(18)17-6-3-4-8-19(17)24-21/h1-12H,13H2,(H,23,25). The van der Waals surface area contributed by atoms with Gasteiger partial charge in [0.1, 0.15) is 10.8 Å². The summed E-state index contributed by atoms with van der Waals surface area (Å²) < 4.78 is 12.9. The lowest BCUT2D eigenvalue weighted by molar-refractivity contribution is -0.113. The van der Waals surface area contributed by atoms with Crippen LogP contribution in [0.2, 0.25) is 0 Å². The maximum Gasteiger partial charge on any atom is 0.234 e. The van der Waals surface area contributed by atoms with Gasteiger partial charge in [-0.2, -0.15) is 0 Å². The summed E-state index contributed by atoms with van der Waals surface area (Å²) in [5.41, 5.74) is 1.49. The number of halogens is 1. The predicted molar refractivity (Wildman–Crippen MR) is 105 cm³/mol. The van der Waals surface area contributed by atoms with Gasteiger partial charge >= 0.3 is 0 Å². The lowest BCUT2D eigenvalue weighted by atomic mass is 10.1. The molecule has 3 aromatic carbocycles. The van der Waals surface area contributed by atoms with Crippen molar-refractivity contribution < 1.29 is 9.18 Å². The van der Waals surface area contributed by atoms with E-state index in [0.717, 1.165) is 26.7 Å². The topological polar surface area (TPSA) is 42.0 Å². The minimum Gasteiger partial charge on any atom is -0.325 e. The molecule has 128 valence electrons. The smallest absolute Gasteiger partial charge is 0.234 e. The summed E-state index contributed by atoms with van der Waals surface area (Å²) in [5.74, 6) is -0.253. The third kappa shape index (κ3) is 3.39. The number of anilines is 1. The largest absolute Gasteiger partial charge is 0.325 e. The maximum atomic E-state index is 12.9. The number of para-hydroxylation sites is 1. The molecule has 0 saturated heterocycles. The number of hydrogen-bond acceptors (Lipinski definition) is 3. The highest BCUT2D eigenvalue weighted by molar-refractivity contribution is 8.00. The van der Waals surface area contributed by atoms with Gasteiger partial charge in [0.2, 0.25) is 5.91 Å². The molecule has 0 fully saturated rings. The summed E-state index contributed by atoms with van der Waals surface area (Å²) in [7, 11) is 0. The highest BCUT2D eigenvalue weighted by Crippen LogP contribution is 2.31. The first kappa shape index (κ1) is 16.5. The first-order valence-electron chi connectivity index (χ1n) is 8.16. The highest BCUT2D eigenvalue weighted by Gasteiger charge is 2.10. The number of aromatic nitrogens is 1. The molecule has 0 aliphatic carbocycles. The summed E-state index contributed by atoms with van der Waals surface area (Å²) in [6.45, 7) is 0. The molecule has 0 atom stereocenters. The Morgan fingerprint density at radius 3 is 2.31 bits per heavy atom. The zero-order valence-corrected chi connectivity index (χ0v) is 14.6. The summed E-state index contributed by atoms with van der Waals surface area (Å²) in [6.07, 6.45) is 0. The van der Waals surface area contributed by atoms with E-state index < -0.39 is 0 Å². The Kier molecular flexibility index (Phi) is 4.54. The number of carbonyl (C=O) groups is 1. The van der Waals surface area contributed by atoms with Crippen LogP contribution in [0.4, 0.5) is 10.1 Å². The minimum absolute atomic E-state index is 0.152. The second-order valence-corrected chi connectivity index (χ2v) is 6.79. The van der Waals surface area contributed by atoms with E-state index in [4.69, 9.17) is 4.98 Å². The fourth-order valence-corrected chi connectivity index (χ4v) is 3.68. The quantitative estimate of drug-likeness (QED) is 0.398. The predicted octanol–water partition coefficient (Wildman–Crippen LogP) is 5.26. The van der Waals surface area contributed by atoms with E-state index >= 15 is 0 Å². The van der Waals surface area contributed by atoms with Gasteiger partial charge in [0.05, 0.1) is 11.3 Å². The van der Waals surface area contributed by atoms with Gasteiger partial charge in [0.15, 0.2) is 0 Å². The average Bonchev–Trinajstić information content (AvgIpc) is 2.68. The zero-order chi connectivity index (χ0) is 17.9. The van der Waals surface area contributed by atoms with Crippen molar-refractivity contribution >= 4 is 45.0 Å². The van der Waals surface area contributed by atoms with E-state index in [2.05, 4.69) is 17.4 Å². The molecule has 1 N–H and O–H groups in total. The minimum atomic E-state index is -0.329. The van der Waals surface area contributed by atoms with E-state index in [0.29, 0.717) is 5.69 Å². The Bertz CT molecular complexity index is 1100. The van der Waals surface area contributed by atoms with Gasteiger partial charge in [-0.05, 0) is 35.7 Å². The molecule has 1 amide bonds. The Morgan fingerprint density at radius 2 is 1.54 bits per heavy atom. The first-order chi connectivity index (χ1) is 12.7. The van der Waals surface area contributed by atoms with Crippen molar-refractivity contribution in [2.75, 3.05) is 11.1 Å². The number of amides is 1. The van der Waals surface area contributed by atoms with Crippen LogP contribution in [0.1, 0.15) is 0 Å². The Labute approximate surface area is 154 Å². The number of benzene rings is 3. The van der Waals surface area contributed by atoms with Crippen molar-refractivity contribution in [2.45, 2.75) is 5.03 Å². The Balaban J connectivity index is 1.58. The molecule has 0 spiro atoms. The molecule has 5 heteroatoms. The summed E-state index contributed by atoms with van der Waals surface area (Å²) in [6, 6.07) is 21.8. The second kappa shape index (κ2) is 7.14. The monoisotopic (exact) mass is 362 g/mol. The lowest BCUT2D eigenvalue weighted by Crippen LogP contribution is -2.14. The van der Waals surface area contributed by atoms with E-state index in [1.807, 2.05) is 36.4 Å². The first-order valence-corrected chi connectivity index (χ1v) is 9.15. The Morgan fingerprint density at radius 1 is 0.885 bits per heavy atom. The number of rotatable bonds is 4. The fraction of sp³-hybridized carbons (Fsp3) is 0.0476. The van der Waals surface area contributed by atoms with Crippen LogP contribution >= 0.6 is 11.8 Å². The van der Waals surface area contributed by atoms with Crippen molar-refractivity contribution in [3.63, 3.8) is 0 Å². The molecular weight excluding hydrogens is 347 g/mol. The molecule has 0 radical (unpaired) electrons. The number of hydrogen-bond donors (Lipinski definition) is 1. The van der Waals surface area contributed by atoms with Crippen molar-refractivity contribution in [2.24, 2.45) is 0 Å². The number of nitrogens with one attached hydrogen (secondary N) is 1. The fourth-order valence-electron chi connectivity index (χ4n) is 2.85. The lowest BCUT2D eigenvalue weighted by Gasteiger charge is -2.09. The second-order valence-electron chi connectivity index (χ2n) is 5.82. The van der Waals surface area contributed by atoms with Crippen molar-refractivity contribution in [1.29, 1.82) is 0 Å². The number of thioether (sulfide) groups is 1. The molecule has 1 heterocycles. The van der Waals surface area contributed by atoms with E-state index in [-0.39, 0.29) is 17.5 Å². The van der Waals surface area contributed by atoms with Gasteiger partial charge in [-0.25, -0.2) is 9.37 Å². The third-order valence-corrected chi connectivity index (χ3v) is 5.03. The van der Waals surface area contributed by atoms with Crippen LogP contribution < -0.4 is 5.32 Å². The Hall–Kier alpha value is -2.92. The number of nitrogens with zero attached hydrogens (tertiary/aromatic N) is 1. The maximum absolute atomic E-state index is 12.9. The van der Waals surface area contributed by atoms with Crippen molar-refractivity contribution in [3.05, 3.63) is 78.6 Å². The summed E-state index contributed by atoms with van der Waals surface area (Å²) in [5, 5.41) is 6.86. The van der Waals surface area contributed by atoms with Crippen LogP contribution in [0.3, 0.4) is 0 Å². The number of fused-ring (bicyclic) bond motifs is 3. The molecule has 4 rings (SSSR count). The van der Waals surface area contributed by atoms with Gasteiger partial charge in [-0.3, -0.25) is 4.79 Å². The molecule has 0 aliphatic rings. The summed E-state index contributed by atoms with van der Waals surface area (Å²) >= 11 is 1.40. The molecule has 0 bridgehead atoms. The molecule has 0 saturated carbocycles. The van der Waals surface area contributed by atoms with Gasteiger partial charge in [-0.1, -0.05) is 54.2 Å². The van der Waals surface area contributed by atoms with Gasteiger partial charge in [0, 0.05) is 16.5 Å². The van der Waals surface area contributed by atoms with Crippen LogP contribution in [0.15, 0.2) is 77.8 Å². The normalized spacial score (nSPS) is 11.0. The SMILES string of the molecule is O=C(CSc1nc2ccccc2c2ccccc12)Nc1ccc(F)cc1. The van der Waals surface area contributed by atoms with Crippen LogP contribution in [0.25, 0.3) is 21.7 Å².